The van der Waals surface area contributed by atoms with Gasteiger partial charge in [0.1, 0.15) is 5.76 Å². The smallest absolute Gasteiger partial charge is 0.217 e. The van der Waals surface area contributed by atoms with Gasteiger partial charge in [-0.2, -0.15) is 0 Å². The van der Waals surface area contributed by atoms with Crippen LogP contribution in [0.3, 0.4) is 0 Å². The van der Waals surface area contributed by atoms with E-state index in [1.165, 1.54) is 6.92 Å². The van der Waals surface area contributed by atoms with Crippen molar-refractivity contribution < 1.29 is 14.0 Å². The quantitative estimate of drug-likeness (QED) is 0.673. The third-order valence-electron chi connectivity index (χ3n) is 1.78. The molecule has 15 heavy (non-hydrogen) atoms. The molecule has 1 N–H and O–H groups in total. The van der Waals surface area contributed by atoms with Crippen LogP contribution in [-0.2, 0) is 11.3 Å². The van der Waals surface area contributed by atoms with Crippen LogP contribution in [-0.4, -0.2) is 16.5 Å². The molecule has 0 aromatic carbocycles. The zero-order valence-electron chi connectivity index (χ0n) is 8.54. The van der Waals surface area contributed by atoms with Crippen LogP contribution in [0.15, 0.2) is 16.5 Å². The summed E-state index contributed by atoms with van der Waals surface area (Å²) in [4.78, 5) is 21.8. The molecule has 0 fully saturated rings. The van der Waals surface area contributed by atoms with E-state index in [-0.39, 0.29) is 16.5 Å². The molecule has 0 saturated carbocycles. The molecule has 1 unspecified atom stereocenters. The van der Waals surface area contributed by atoms with Crippen molar-refractivity contribution in [3.8, 4) is 0 Å². The molecule has 1 aromatic rings. The largest absolute Gasteiger partial charge is 0.456 e. The van der Waals surface area contributed by atoms with Gasteiger partial charge in [0.2, 0.25) is 11.7 Å². The summed E-state index contributed by atoms with van der Waals surface area (Å²) in [6.45, 7) is 3.47. The fourth-order valence-corrected chi connectivity index (χ4v) is 1.24. The Morgan fingerprint density at radius 3 is 2.73 bits per heavy atom. The lowest BCUT2D eigenvalue weighted by atomic mass is 10.2. The number of hydrogen-bond acceptors (Lipinski definition) is 3. The van der Waals surface area contributed by atoms with Gasteiger partial charge in [-0.15, -0.1) is 0 Å². The summed E-state index contributed by atoms with van der Waals surface area (Å²) in [6.07, 6.45) is 0. The van der Waals surface area contributed by atoms with Crippen molar-refractivity contribution in [1.29, 1.82) is 0 Å². The molecule has 4 nitrogen and oxygen atoms in total. The van der Waals surface area contributed by atoms with E-state index in [0.29, 0.717) is 18.1 Å². The molecular formula is C10H12BrNO3. The Morgan fingerprint density at radius 2 is 2.20 bits per heavy atom. The van der Waals surface area contributed by atoms with Gasteiger partial charge in [0.05, 0.1) is 11.4 Å². The Hall–Kier alpha value is -1.10. The van der Waals surface area contributed by atoms with E-state index in [0.717, 1.165) is 0 Å². The first-order valence-electron chi connectivity index (χ1n) is 4.52. The molecule has 0 aliphatic rings. The number of Topliss-reactive ketones (excluding diaryl/α,β-unsaturated/α-hetero) is 1. The molecule has 0 spiro atoms. The van der Waals surface area contributed by atoms with Crippen LogP contribution < -0.4 is 5.32 Å². The van der Waals surface area contributed by atoms with Crippen molar-refractivity contribution in [3.63, 3.8) is 0 Å². The second-order valence-electron chi connectivity index (χ2n) is 3.16. The van der Waals surface area contributed by atoms with E-state index in [2.05, 4.69) is 21.2 Å². The standard InChI is InChI=1S/C10H12BrNO3/c1-6(11)10(14)9-4-3-8(15-9)5-12-7(2)13/h3-4,6H,5H2,1-2H3,(H,12,13). The maximum atomic E-state index is 11.5. The summed E-state index contributed by atoms with van der Waals surface area (Å²) in [5.41, 5.74) is 0. The molecular weight excluding hydrogens is 262 g/mol. The van der Waals surface area contributed by atoms with Crippen LogP contribution in [0.25, 0.3) is 0 Å². The number of furan rings is 1. The Bertz CT molecular complexity index is 370. The van der Waals surface area contributed by atoms with Gasteiger partial charge in [0.25, 0.3) is 0 Å². The fraction of sp³-hybridized carbons (Fsp3) is 0.400. The maximum absolute atomic E-state index is 11.5. The summed E-state index contributed by atoms with van der Waals surface area (Å²) in [7, 11) is 0. The molecule has 1 aromatic heterocycles. The minimum absolute atomic E-state index is 0.107. The Kier molecular flexibility index (Phi) is 4.08. The van der Waals surface area contributed by atoms with E-state index in [1.807, 2.05) is 0 Å². The lowest BCUT2D eigenvalue weighted by Crippen LogP contribution is -2.18. The van der Waals surface area contributed by atoms with E-state index >= 15 is 0 Å². The van der Waals surface area contributed by atoms with Gasteiger partial charge in [-0.05, 0) is 19.1 Å². The highest BCUT2D eigenvalue weighted by atomic mass is 79.9. The second kappa shape index (κ2) is 5.11. The number of nitrogens with one attached hydrogen (secondary N) is 1. The summed E-state index contributed by atoms with van der Waals surface area (Å²) in [5, 5.41) is 2.59. The molecule has 1 atom stereocenters. The number of ketones is 1. The normalized spacial score (nSPS) is 12.2. The predicted octanol–water partition coefficient (Wildman–Crippen LogP) is 1.88. The highest BCUT2D eigenvalue weighted by molar-refractivity contribution is 9.10. The van der Waals surface area contributed by atoms with Gasteiger partial charge in [-0.3, -0.25) is 9.59 Å². The molecule has 1 heterocycles. The first kappa shape index (κ1) is 12.0. The molecule has 0 aliphatic carbocycles. The monoisotopic (exact) mass is 273 g/mol. The molecule has 0 saturated heterocycles. The SMILES string of the molecule is CC(=O)NCc1ccc(C(=O)C(C)Br)o1. The Labute approximate surface area is 96.2 Å². The summed E-state index contributed by atoms with van der Waals surface area (Å²) >= 11 is 3.17. The van der Waals surface area contributed by atoms with Crippen LogP contribution >= 0.6 is 15.9 Å². The van der Waals surface area contributed by atoms with Crippen LogP contribution in [0.5, 0.6) is 0 Å². The first-order chi connectivity index (χ1) is 7.00. The lowest BCUT2D eigenvalue weighted by Gasteiger charge is -1.99. The van der Waals surface area contributed by atoms with Gasteiger partial charge in [0.15, 0.2) is 5.76 Å². The number of rotatable bonds is 4. The highest BCUT2D eigenvalue weighted by Gasteiger charge is 2.15. The summed E-state index contributed by atoms with van der Waals surface area (Å²) in [6, 6.07) is 3.29. The van der Waals surface area contributed by atoms with Crippen LogP contribution in [0.4, 0.5) is 0 Å². The molecule has 5 heteroatoms. The van der Waals surface area contributed by atoms with Crippen molar-refractivity contribution in [1.82, 2.24) is 5.32 Å². The van der Waals surface area contributed by atoms with Gasteiger partial charge in [-0.25, -0.2) is 0 Å². The van der Waals surface area contributed by atoms with Crippen LogP contribution in [0, 0.1) is 0 Å². The molecule has 82 valence electrons. The fourth-order valence-electron chi connectivity index (χ4n) is 1.01. The van der Waals surface area contributed by atoms with Crippen LogP contribution in [0.2, 0.25) is 0 Å². The van der Waals surface area contributed by atoms with Gasteiger partial charge in [-0.1, -0.05) is 15.9 Å². The number of halogens is 1. The average Bonchev–Trinajstić information content (AvgIpc) is 2.61. The van der Waals surface area contributed by atoms with Crippen molar-refractivity contribution in [2.45, 2.75) is 25.2 Å². The number of alkyl halides is 1. The maximum Gasteiger partial charge on any atom is 0.217 e. The zero-order chi connectivity index (χ0) is 11.4. The molecule has 0 bridgehead atoms. The topological polar surface area (TPSA) is 59.3 Å². The molecule has 1 rings (SSSR count). The lowest BCUT2D eigenvalue weighted by molar-refractivity contribution is -0.119. The van der Waals surface area contributed by atoms with Crippen molar-refractivity contribution in [3.05, 3.63) is 23.7 Å². The van der Waals surface area contributed by atoms with E-state index in [4.69, 9.17) is 4.42 Å². The van der Waals surface area contributed by atoms with Crippen molar-refractivity contribution in [2.24, 2.45) is 0 Å². The number of carbonyl (C=O) groups excluding carboxylic acids is 2. The van der Waals surface area contributed by atoms with Gasteiger partial charge in [0, 0.05) is 6.92 Å². The van der Waals surface area contributed by atoms with E-state index in [1.54, 1.807) is 19.1 Å². The number of carbonyl (C=O) groups is 2. The van der Waals surface area contributed by atoms with E-state index < -0.39 is 0 Å². The minimum atomic E-state index is -0.266. The third kappa shape index (κ3) is 3.51. The predicted molar refractivity (Wildman–Crippen MR) is 58.9 cm³/mol. The van der Waals surface area contributed by atoms with Crippen molar-refractivity contribution in [2.75, 3.05) is 0 Å². The summed E-state index contributed by atoms with van der Waals surface area (Å²) in [5.74, 6) is 0.638. The number of hydrogen-bond donors (Lipinski definition) is 1. The molecule has 0 radical (unpaired) electrons. The Balaban J connectivity index is 2.64. The zero-order valence-corrected chi connectivity index (χ0v) is 10.1. The first-order valence-corrected chi connectivity index (χ1v) is 5.43. The average molecular weight is 274 g/mol. The third-order valence-corrected chi connectivity index (χ3v) is 2.19. The number of amides is 1. The van der Waals surface area contributed by atoms with Gasteiger partial charge < -0.3 is 9.73 Å². The van der Waals surface area contributed by atoms with Gasteiger partial charge >= 0.3 is 0 Å². The van der Waals surface area contributed by atoms with E-state index in [9.17, 15) is 9.59 Å². The second-order valence-corrected chi connectivity index (χ2v) is 4.53. The highest BCUT2D eigenvalue weighted by Crippen LogP contribution is 2.13. The Morgan fingerprint density at radius 1 is 1.53 bits per heavy atom. The molecule has 1 amide bonds. The van der Waals surface area contributed by atoms with Crippen molar-refractivity contribution >= 4 is 27.6 Å². The molecule has 0 aliphatic heterocycles. The summed E-state index contributed by atoms with van der Waals surface area (Å²) < 4.78 is 5.26. The minimum Gasteiger partial charge on any atom is -0.456 e. The van der Waals surface area contributed by atoms with Crippen LogP contribution in [0.1, 0.15) is 30.2 Å².